The van der Waals surface area contributed by atoms with Gasteiger partial charge in [0.05, 0.1) is 29.6 Å². The van der Waals surface area contributed by atoms with Crippen molar-refractivity contribution in [3.63, 3.8) is 0 Å². The first kappa shape index (κ1) is 18.4. The number of hydrogen-bond acceptors (Lipinski definition) is 5. The molecule has 26 heavy (non-hydrogen) atoms. The SMILES string of the molecule is C[C@]12[C@@H]3CC[C@@H]4C[C@]3(C(=O)[C@H]4CO)[C@@H](O)C[C@@H]1[C@](C)(C(=O)O)CC[C@@H]2O. The Morgan fingerprint density at radius 1 is 1.12 bits per heavy atom. The zero-order valence-corrected chi connectivity index (χ0v) is 15.5. The molecule has 0 heterocycles. The highest BCUT2D eigenvalue weighted by Crippen LogP contribution is 2.71. The lowest BCUT2D eigenvalue weighted by molar-refractivity contribution is -0.234. The third-order valence-corrected chi connectivity index (χ3v) is 9.08. The van der Waals surface area contributed by atoms with Crippen molar-refractivity contribution >= 4 is 11.8 Å². The smallest absolute Gasteiger partial charge is 0.309 e. The summed E-state index contributed by atoms with van der Waals surface area (Å²) >= 11 is 0. The van der Waals surface area contributed by atoms with E-state index in [1.54, 1.807) is 6.92 Å². The molecule has 6 heteroatoms. The molecule has 0 unspecified atom stereocenters. The van der Waals surface area contributed by atoms with Crippen molar-refractivity contribution in [2.24, 2.45) is 39.9 Å². The third kappa shape index (κ3) is 1.88. The van der Waals surface area contributed by atoms with Gasteiger partial charge >= 0.3 is 5.97 Å². The molecule has 4 N–H and O–H groups in total. The minimum Gasteiger partial charge on any atom is -0.481 e. The highest BCUT2D eigenvalue weighted by Gasteiger charge is 2.73. The molecule has 2 bridgehead atoms. The van der Waals surface area contributed by atoms with E-state index in [1.807, 2.05) is 6.92 Å². The number of Topliss-reactive ketones (excluding diaryl/α,β-unsaturated/α-hetero) is 1. The third-order valence-electron chi connectivity index (χ3n) is 9.08. The average Bonchev–Trinajstić information content (AvgIpc) is 2.81. The molecule has 4 fully saturated rings. The number of carboxylic acid groups (broad SMARTS) is 1. The quantitative estimate of drug-likeness (QED) is 0.584. The van der Waals surface area contributed by atoms with Crippen LogP contribution in [0.1, 0.15) is 52.4 Å². The summed E-state index contributed by atoms with van der Waals surface area (Å²) in [5.41, 5.74) is -2.65. The molecule has 0 amide bonds. The minimum atomic E-state index is -1.01. The fraction of sp³-hybridized carbons (Fsp3) is 0.900. The Kier molecular flexibility index (Phi) is 3.90. The number of hydrogen-bond donors (Lipinski definition) is 4. The van der Waals surface area contributed by atoms with Gasteiger partial charge in [0.2, 0.25) is 0 Å². The van der Waals surface area contributed by atoms with Crippen LogP contribution in [0.15, 0.2) is 0 Å². The van der Waals surface area contributed by atoms with Crippen molar-refractivity contribution in [1.29, 1.82) is 0 Å². The first-order chi connectivity index (χ1) is 12.1. The number of fused-ring (bicyclic) bond motifs is 3. The van der Waals surface area contributed by atoms with E-state index in [-0.39, 0.29) is 36.6 Å². The van der Waals surface area contributed by atoms with Gasteiger partial charge in [0, 0.05) is 11.3 Å². The standard InChI is InChI=1S/C20H30O6/c1-18(17(25)26)6-5-14(22)19(2)12-4-3-10-8-20(12,15(23)7-13(18)19)16(24)11(10)9-21/h10-15,21-23H,3-9H2,1-2H3,(H,25,26)/t10-,11+,12+,13-,14+,15+,18-,19+,20-/m1/s1. The Labute approximate surface area is 153 Å². The van der Waals surface area contributed by atoms with Gasteiger partial charge in [0.1, 0.15) is 5.78 Å². The lowest BCUT2D eigenvalue weighted by atomic mass is 9.39. The van der Waals surface area contributed by atoms with Crippen LogP contribution in [0.5, 0.6) is 0 Å². The molecule has 4 aliphatic rings. The topological polar surface area (TPSA) is 115 Å². The summed E-state index contributed by atoms with van der Waals surface area (Å²) in [5, 5.41) is 41.8. The molecule has 4 aliphatic carbocycles. The average molecular weight is 366 g/mol. The van der Waals surface area contributed by atoms with Crippen molar-refractivity contribution in [2.45, 2.75) is 64.6 Å². The molecule has 146 valence electrons. The molecule has 0 aliphatic heterocycles. The molecule has 1 spiro atoms. The number of carboxylic acids is 1. The first-order valence-corrected chi connectivity index (χ1v) is 9.88. The van der Waals surface area contributed by atoms with E-state index in [0.29, 0.717) is 25.7 Å². The predicted octanol–water partition coefficient (Wildman–Crippen LogP) is 1.21. The maximum absolute atomic E-state index is 13.3. The molecular formula is C20H30O6. The Hall–Kier alpha value is -0.980. The minimum absolute atomic E-state index is 0.0607. The van der Waals surface area contributed by atoms with Crippen LogP contribution in [-0.2, 0) is 9.59 Å². The molecule has 0 aromatic carbocycles. The van der Waals surface area contributed by atoms with Crippen molar-refractivity contribution in [2.75, 3.05) is 6.61 Å². The van der Waals surface area contributed by atoms with Crippen LogP contribution in [0, 0.1) is 39.9 Å². The number of aliphatic hydroxyl groups excluding tert-OH is 3. The summed E-state index contributed by atoms with van der Waals surface area (Å²) in [5.74, 6) is -1.90. The van der Waals surface area contributed by atoms with Crippen LogP contribution in [0.3, 0.4) is 0 Å². The van der Waals surface area contributed by atoms with E-state index >= 15 is 0 Å². The Morgan fingerprint density at radius 2 is 1.81 bits per heavy atom. The van der Waals surface area contributed by atoms with Crippen LogP contribution in [0.4, 0.5) is 0 Å². The summed E-state index contributed by atoms with van der Waals surface area (Å²) < 4.78 is 0. The molecular weight excluding hydrogens is 336 g/mol. The van der Waals surface area contributed by atoms with E-state index in [4.69, 9.17) is 0 Å². The van der Waals surface area contributed by atoms with Crippen LogP contribution >= 0.6 is 0 Å². The van der Waals surface area contributed by atoms with Gasteiger partial charge in [-0.2, -0.15) is 0 Å². The Bertz CT molecular complexity index is 648. The molecule has 6 nitrogen and oxygen atoms in total. The highest BCUT2D eigenvalue weighted by molar-refractivity contribution is 5.91. The molecule has 0 aromatic heterocycles. The van der Waals surface area contributed by atoms with Crippen molar-refractivity contribution < 1.29 is 30.0 Å². The Balaban J connectivity index is 1.85. The van der Waals surface area contributed by atoms with Gasteiger partial charge in [-0.3, -0.25) is 9.59 Å². The monoisotopic (exact) mass is 366 g/mol. The van der Waals surface area contributed by atoms with Gasteiger partial charge in [-0.05, 0) is 63.2 Å². The van der Waals surface area contributed by atoms with Crippen LogP contribution in [-0.4, -0.2) is 51.0 Å². The summed E-state index contributed by atoms with van der Waals surface area (Å²) in [6.07, 6.45) is 1.48. The van der Waals surface area contributed by atoms with Crippen LogP contribution < -0.4 is 0 Å². The maximum atomic E-state index is 13.3. The predicted molar refractivity (Wildman–Crippen MR) is 92.1 cm³/mol. The number of aliphatic hydroxyl groups is 3. The van der Waals surface area contributed by atoms with Gasteiger partial charge in [0.15, 0.2) is 0 Å². The van der Waals surface area contributed by atoms with Crippen molar-refractivity contribution in [3.05, 3.63) is 0 Å². The second-order valence-electron chi connectivity index (χ2n) is 9.74. The van der Waals surface area contributed by atoms with Gasteiger partial charge < -0.3 is 20.4 Å². The maximum Gasteiger partial charge on any atom is 0.309 e. The van der Waals surface area contributed by atoms with Crippen LogP contribution in [0.2, 0.25) is 0 Å². The lowest BCUT2D eigenvalue weighted by Gasteiger charge is -2.65. The number of aliphatic carboxylic acids is 1. The number of rotatable bonds is 2. The normalized spacial score (nSPS) is 56.0. The van der Waals surface area contributed by atoms with Crippen LogP contribution in [0.25, 0.3) is 0 Å². The molecule has 9 atom stereocenters. The number of ketones is 1. The van der Waals surface area contributed by atoms with Crippen molar-refractivity contribution in [1.82, 2.24) is 0 Å². The van der Waals surface area contributed by atoms with Gasteiger partial charge in [0.25, 0.3) is 0 Å². The molecule has 0 radical (unpaired) electrons. The lowest BCUT2D eigenvalue weighted by Crippen LogP contribution is -2.68. The summed E-state index contributed by atoms with van der Waals surface area (Å²) in [6, 6.07) is 0. The summed E-state index contributed by atoms with van der Waals surface area (Å²) in [7, 11) is 0. The summed E-state index contributed by atoms with van der Waals surface area (Å²) in [6.45, 7) is 3.48. The van der Waals surface area contributed by atoms with E-state index in [2.05, 4.69) is 0 Å². The second kappa shape index (κ2) is 5.52. The van der Waals surface area contributed by atoms with E-state index < -0.39 is 40.3 Å². The van der Waals surface area contributed by atoms with Gasteiger partial charge in [-0.1, -0.05) is 6.92 Å². The first-order valence-electron chi connectivity index (χ1n) is 9.88. The number of carbonyl (C=O) groups excluding carboxylic acids is 1. The zero-order chi connectivity index (χ0) is 19.1. The highest BCUT2D eigenvalue weighted by atomic mass is 16.4. The van der Waals surface area contributed by atoms with Crippen molar-refractivity contribution in [3.8, 4) is 0 Å². The van der Waals surface area contributed by atoms with Gasteiger partial charge in [-0.15, -0.1) is 0 Å². The largest absolute Gasteiger partial charge is 0.481 e. The molecule has 0 aromatic rings. The Morgan fingerprint density at radius 3 is 2.42 bits per heavy atom. The fourth-order valence-corrected chi connectivity index (χ4v) is 7.64. The van der Waals surface area contributed by atoms with E-state index in [1.165, 1.54) is 0 Å². The fourth-order valence-electron chi connectivity index (χ4n) is 7.64. The molecule has 4 rings (SSSR count). The second-order valence-corrected chi connectivity index (χ2v) is 9.74. The number of carbonyl (C=O) groups is 2. The molecule has 4 saturated carbocycles. The summed E-state index contributed by atoms with van der Waals surface area (Å²) in [4.78, 5) is 25.4. The molecule has 0 saturated heterocycles. The van der Waals surface area contributed by atoms with Gasteiger partial charge in [-0.25, -0.2) is 0 Å². The van der Waals surface area contributed by atoms with E-state index in [0.717, 1.165) is 6.42 Å². The zero-order valence-electron chi connectivity index (χ0n) is 15.5. The van der Waals surface area contributed by atoms with E-state index in [9.17, 15) is 30.0 Å².